The van der Waals surface area contributed by atoms with Crippen LogP contribution < -0.4 is 0 Å². The molecule has 1 aromatic heterocycles. The third-order valence-corrected chi connectivity index (χ3v) is 7.87. The lowest BCUT2D eigenvalue weighted by atomic mass is 9.73. The number of alkyl halides is 6. The highest BCUT2D eigenvalue weighted by Gasteiger charge is 2.48. The Balaban J connectivity index is 1.27. The predicted molar refractivity (Wildman–Crippen MR) is 129 cm³/mol. The molecule has 0 atom stereocenters. The van der Waals surface area contributed by atoms with Crippen molar-refractivity contribution < 1.29 is 40.7 Å². The van der Waals surface area contributed by atoms with Gasteiger partial charge in [-0.3, -0.25) is 9.48 Å². The minimum Gasteiger partial charge on any atom is -0.445 e. The highest BCUT2D eigenvalue weighted by atomic mass is 19.4. The molecule has 0 N–H and O–H groups in total. The van der Waals surface area contributed by atoms with Crippen molar-refractivity contribution in [2.75, 3.05) is 33.2 Å². The van der Waals surface area contributed by atoms with Gasteiger partial charge < -0.3 is 19.4 Å². The third-order valence-electron chi connectivity index (χ3n) is 7.87. The molecule has 1 saturated carbocycles. The second kappa shape index (κ2) is 10.3. The Hall–Kier alpha value is -3.29. The Morgan fingerprint density at radius 1 is 0.925 bits per heavy atom. The highest BCUT2D eigenvalue weighted by molar-refractivity contribution is 5.93. The molecular formula is C26H29F6N5O3. The van der Waals surface area contributed by atoms with Crippen molar-refractivity contribution >= 4 is 12.0 Å². The summed E-state index contributed by atoms with van der Waals surface area (Å²) in [7, 11) is 2.04. The summed E-state index contributed by atoms with van der Waals surface area (Å²) >= 11 is 0. The molecule has 2 amide bonds. The molecule has 218 valence electrons. The van der Waals surface area contributed by atoms with E-state index in [1.807, 2.05) is 11.9 Å². The first-order valence-electron chi connectivity index (χ1n) is 13.0. The first kappa shape index (κ1) is 28.2. The quantitative estimate of drug-likeness (QED) is 0.495. The van der Waals surface area contributed by atoms with E-state index in [2.05, 4.69) is 10.00 Å². The zero-order valence-corrected chi connectivity index (χ0v) is 21.8. The van der Waals surface area contributed by atoms with Crippen molar-refractivity contribution in [2.24, 2.45) is 0 Å². The molecule has 5 rings (SSSR count). The number of piperazine rings is 1. The number of benzene rings is 1. The average Bonchev–Trinajstić information content (AvgIpc) is 3.15. The van der Waals surface area contributed by atoms with Gasteiger partial charge in [-0.25, -0.2) is 4.79 Å². The number of aromatic nitrogens is 2. The second-order valence-electron chi connectivity index (χ2n) is 10.8. The van der Waals surface area contributed by atoms with Crippen molar-refractivity contribution in [3.63, 3.8) is 0 Å². The molecule has 0 radical (unpaired) electrons. The van der Waals surface area contributed by atoms with E-state index < -0.39 is 41.7 Å². The number of rotatable bonds is 3. The van der Waals surface area contributed by atoms with Gasteiger partial charge in [-0.15, -0.1) is 0 Å². The Morgan fingerprint density at radius 3 is 2.20 bits per heavy atom. The van der Waals surface area contributed by atoms with Gasteiger partial charge in [0.1, 0.15) is 6.61 Å². The van der Waals surface area contributed by atoms with Crippen LogP contribution >= 0.6 is 0 Å². The van der Waals surface area contributed by atoms with Gasteiger partial charge in [0.25, 0.3) is 5.91 Å². The monoisotopic (exact) mass is 573 g/mol. The van der Waals surface area contributed by atoms with E-state index in [0.29, 0.717) is 37.3 Å². The van der Waals surface area contributed by atoms with Crippen LogP contribution in [0.2, 0.25) is 0 Å². The van der Waals surface area contributed by atoms with Crippen molar-refractivity contribution in [2.45, 2.75) is 63.3 Å². The molecule has 40 heavy (non-hydrogen) atoms. The number of halogens is 6. The third kappa shape index (κ3) is 5.63. The van der Waals surface area contributed by atoms with Crippen LogP contribution in [0.3, 0.4) is 0 Å². The number of hydrogen-bond donors (Lipinski definition) is 0. The summed E-state index contributed by atoms with van der Waals surface area (Å²) in [6.07, 6.45) is -7.48. The van der Waals surface area contributed by atoms with E-state index in [1.54, 1.807) is 10.7 Å². The lowest BCUT2D eigenvalue weighted by Gasteiger charge is -2.55. The van der Waals surface area contributed by atoms with Gasteiger partial charge in [0.2, 0.25) is 0 Å². The summed E-state index contributed by atoms with van der Waals surface area (Å²) in [6, 6.07) is 2.73. The zero-order valence-electron chi connectivity index (χ0n) is 21.8. The molecule has 3 heterocycles. The molecule has 2 fully saturated rings. The fourth-order valence-corrected chi connectivity index (χ4v) is 5.70. The standard InChI is InChI=1S/C26H29F6N5O3/c1-34-8-9-36(24(16-34)4-2-5-24)22(38)21-13-20-14-35(6-3-7-37(20)33-21)23(39)40-15-17-10-18(25(27,28)29)12-19(11-17)26(30,31)32/h10-13H,2-9,14-16H2,1H3. The lowest BCUT2D eigenvalue weighted by Crippen LogP contribution is -2.66. The number of likely N-dealkylation sites (N-methyl/N-ethyl adjacent to an activating group) is 1. The molecule has 0 unspecified atom stereocenters. The average molecular weight is 574 g/mol. The van der Waals surface area contributed by atoms with Gasteiger partial charge in [0, 0.05) is 32.7 Å². The highest BCUT2D eigenvalue weighted by Crippen LogP contribution is 2.41. The van der Waals surface area contributed by atoms with Crippen molar-refractivity contribution in [3.8, 4) is 0 Å². The van der Waals surface area contributed by atoms with Crippen molar-refractivity contribution in [1.82, 2.24) is 24.5 Å². The van der Waals surface area contributed by atoms with Crippen LogP contribution in [0.25, 0.3) is 0 Å². The molecule has 1 aliphatic carbocycles. The Kier molecular flexibility index (Phi) is 7.26. The summed E-state index contributed by atoms with van der Waals surface area (Å²) in [4.78, 5) is 31.7. The number of nitrogens with zero attached hydrogens (tertiary/aromatic N) is 5. The Bertz CT molecular complexity index is 1250. The minimum atomic E-state index is -5.00. The molecular weight excluding hydrogens is 544 g/mol. The number of ether oxygens (including phenoxy) is 1. The van der Waals surface area contributed by atoms with E-state index in [9.17, 15) is 35.9 Å². The predicted octanol–water partition coefficient (Wildman–Crippen LogP) is 4.77. The first-order chi connectivity index (χ1) is 18.7. The zero-order chi connectivity index (χ0) is 28.9. The van der Waals surface area contributed by atoms with Crippen LogP contribution in [0.4, 0.5) is 31.1 Å². The Labute approximate surface area is 226 Å². The normalized spacial score (nSPS) is 19.7. The minimum absolute atomic E-state index is 0.0229. The second-order valence-corrected chi connectivity index (χ2v) is 10.8. The molecule has 2 aliphatic heterocycles. The van der Waals surface area contributed by atoms with Crippen LogP contribution in [0, 0.1) is 0 Å². The SMILES string of the molecule is CN1CCN(C(=O)c2cc3n(n2)CCCN(C(=O)OCc2cc(C(F)(F)F)cc(C(F)(F)F)c2)C3)C2(CCC2)C1. The smallest absolute Gasteiger partial charge is 0.416 e. The van der Waals surface area contributed by atoms with Crippen LogP contribution in [-0.2, 0) is 36.8 Å². The molecule has 1 saturated heterocycles. The van der Waals surface area contributed by atoms with Gasteiger partial charge in [-0.1, -0.05) is 0 Å². The van der Waals surface area contributed by atoms with E-state index in [1.165, 1.54) is 4.90 Å². The van der Waals surface area contributed by atoms with Gasteiger partial charge in [-0.2, -0.15) is 31.4 Å². The molecule has 1 aromatic carbocycles. The fraction of sp³-hybridized carbons (Fsp3) is 0.577. The number of carbonyl (C=O) groups is 2. The molecule has 3 aliphatic rings. The largest absolute Gasteiger partial charge is 0.445 e. The number of amides is 2. The lowest BCUT2D eigenvalue weighted by molar-refractivity contribution is -0.143. The van der Waals surface area contributed by atoms with E-state index in [-0.39, 0.29) is 36.3 Å². The van der Waals surface area contributed by atoms with E-state index >= 15 is 0 Å². The molecule has 1 spiro atoms. The van der Waals surface area contributed by atoms with Gasteiger partial charge in [0.15, 0.2) is 5.69 Å². The maximum absolute atomic E-state index is 13.5. The summed E-state index contributed by atoms with van der Waals surface area (Å²) < 4.78 is 85.7. The maximum atomic E-state index is 13.5. The van der Waals surface area contributed by atoms with Crippen molar-refractivity contribution in [1.29, 1.82) is 0 Å². The van der Waals surface area contributed by atoms with E-state index in [0.717, 1.165) is 32.4 Å². The molecule has 8 nitrogen and oxygen atoms in total. The van der Waals surface area contributed by atoms with E-state index in [4.69, 9.17) is 4.74 Å². The summed E-state index contributed by atoms with van der Waals surface area (Å²) in [5, 5.41) is 4.50. The summed E-state index contributed by atoms with van der Waals surface area (Å²) in [5.74, 6) is -0.160. The van der Waals surface area contributed by atoms with Gasteiger partial charge in [-0.05, 0) is 62.6 Å². The van der Waals surface area contributed by atoms with Crippen LogP contribution in [0.5, 0.6) is 0 Å². The number of aryl methyl sites for hydroxylation is 1. The summed E-state index contributed by atoms with van der Waals surface area (Å²) in [6.45, 7) is 2.10. The van der Waals surface area contributed by atoms with Crippen LogP contribution in [-0.4, -0.2) is 75.2 Å². The number of hydrogen-bond acceptors (Lipinski definition) is 5. The van der Waals surface area contributed by atoms with Crippen LogP contribution in [0.1, 0.15) is 58.6 Å². The summed E-state index contributed by atoms with van der Waals surface area (Å²) in [5.41, 5.74) is -2.70. The topological polar surface area (TPSA) is 70.9 Å². The van der Waals surface area contributed by atoms with Gasteiger partial charge in [0.05, 0.1) is 28.9 Å². The van der Waals surface area contributed by atoms with Gasteiger partial charge >= 0.3 is 18.4 Å². The van der Waals surface area contributed by atoms with Crippen LogP contribution in [0.15, 0.2) is 24.3 Å². The first-order valence-corrected chi connectivity index (χ1v) is 13.0. The maximum Gasteiger partial charge on any atom is 0.416 e. The number of carbonyl (C=O) groups excluding carboxylic acids is 2. The molecule has 0 bridgehead atoms. The van der Waals surface area contributed by atoms with Crippen molar-refractivity contribution in [3.05, 3.63) is 52.3 Å². The molecule has 2 aromatic rings. The Morgan fingerprint density at radius 2 is 1.60 bits per heavy atom. The number of fused-ring (bicyclic) bond motifs is 1. The molecule has 14 heteroatoms. The fourth-order valence-electron chi connectivity index (χ4n) is 5.70.